The summed E-state index contributed by atoms with van der Waals surface area (Å²) in [5.74, 6) is -1.88. The van der Waals surface area contributed by atoms with E-state index in [4.69, 9.17) is 14.2 Å². The highest BCUT2D eigenvalue weighted by atomic mass is 19.1. The van der Waals surface area contributed by atoms with Crippen molar-refractivity contribution < 1.29 is 33.0 Å². The molecule has 0 aromatic heterocycles. The van der Waals surface area contributed by atoms with Gasteiger partial charge in [0.2, 0.25) is 0 Å². The van der Waals surface area contributed by atoms with Gasteiger partial charge in [-0.25, -0.2) is 14.1 Å². The van der Waals surface area contributed by atoms with Crippen LogP contribution >= 0.6 is 0 Å². The fraction of sp³-hybridized carbons (Fsp3) is 0.375. The second-order valence-corrected chi connectivity index (χ2v) is 8.47. The molecule has 0 bridgehead atoms. The second kappa shape index (κ2) is 7.47. The number of halogens is 1. The number of methoxy groups -OCH3 is 1. The van der Waals surface area contributed by atoms with Gasteiger partial charge in [-0.1, -0.05) is 0 Å². The SMILES string of the molecule is CCOC(=O)C1C2COc3cc(OC)ccc3C2N2C(=O)N(c3ccc(F)cc3)C(=O)[C@]12C. The van der Waals surface area contributed by atoms with Crippen LogP contribution in [0.4, 0.5) is 14.9 Å². The maximum atomic E-state index is 13.8. The summed E-state index contributed by atoms with van der Waals surface area (Å²) in [4.78, 5) is 43.1. The standard InChI is InChI=1S/C24H23FN2O6/c1-4-32-21(28)19-17-12-33-18-11-15(31-3)9-10-16(18)20(17)27-23(30)26(22(29)24(19,27)2)14-7-5-13(25)6-8-14/h5-11,17,19-20H,4,12H2,1-3H3/t17?,19?,20?,24-/m0/s1. The number of carbonyl (C=O) groups is 3. The molecule has 3 aliphatic rings. The van der Waals surface area contributed by atoms with Crippen LogP contribution < -0.4 is 14.4 Å². The van der Waals surface area contributed by atoms with E-state index in [1.165, 1.54) is 29.2 Å². The first-order valence-electron chi connectivity index (χ1n) is 10.7. The first-order chi connectivity index (χ1) is 15.8. The fourth-order valence-electron chi connectivity index (χ4n) is 5.41. The molecule has 0 aliphatic carbocycles. The van der Waals surface area contributed by atoms with Crippen molar-refractivity contribution in [3.63, 3.8) is 0 Å². The fourth-order valence-corrected chi connectivity index (χ4v) is 5.41. The monoisotopic (exact) mass is 454 g/mol. The van der Waals surface area contributed by atoms with Gasteiger partial charge in [-0.15, -0.1) is 0 Å². The molecule has 0 saturated carbocycles. The van der Waals surface area contributed by atoms with Gasteiger partial charge in [-0.05, 0) is 50.2 Å². The average Bonchev–Trinajstić information content (AvgIpc) is 3.19. The van der Waals surface area contributed by atoms with Gasteiger partial charge in [0, 0.05) is 17.5 Å². The van der Waals surface area contributed by atoms with Crippen LogP contribution in [0.25, 0.3) is 0 Å². The van der Waals surface area contributed by atoms with Crippen LogP contribution in [0, 0.1) is 17.7 Å². The summed E-state index contributed by atoms with van der Waals surface area (Å²) in [6.07, 6.45) is 0. The Bertz CT molecular complexity index is 1150. The summed E-state index contributed by atoms with van der Waals surface area (Å²) in [6.45, 7) is 3.56. The highest BCUT2D eigenvalue weighted by Crippen LogP contribution is 2.58. The van der Waals surface area contributed by atoms with Crippen LogP contribution in [0.1, 0.15) is 25.5 Å². The van der Waals surface area contributed by atoms with E-state index < -0.39 is 47.1 Å². The lowest BCUT2D eigenvalue weighted by molar-refractivity contribution is -0.154. The Morgan fingerprint density at radius 2 is 1.94 bits per heavy atom. The third-order valence-electron chi connectivity index (χ3n) is 6.85. The van der Waals surface area contributed by atoms with E-state index in [0.717, 1.165) is 4.90 Å². The van der Waals surface area contributed by atoms with Crippen molar-refractivity contribution in [3.8, 4) is 11.5 Å². The average molecular weight is 454 g/mol. The minimum Gasteiger partial charge on any atom is -0.497 e. The molecule has 2 fully saturated rings. The Kier molecular flexibility index (Phi) is 4.81. The Labute approximate surface area is 189 Å². The molecule has 9 heteroatoms. The molecule has 8 nitrogen and oxygen atoms in total. The lowest BCUT2D eigenvalue weighted by Crippen LogP contribution is -2.51. The van der Waals surface area contributed by atoms with E-state index in [-0.39, 0.29) is 18.9 Å². The number of hydrogen-bond donors (Lipinski definition) is 0. The topological polar surface area (TPSA) is 85.4 Å². The number of urea groups is 1. The molecule has 5 rings (SSSR count). The summed E-state index contributed by atoms with van der Waals surface area (Å²) < 4.78 is 30.1. The van der Waals surface area contributed by atoms with Crippen molar-refractivity contribution in [2.75, 3.05) is 25.2 Å². The van der Waals surface area contributed by atoms with E-state index in [1.807, 2.05) is 0 Å². The van der Waals surface area contributed by atoms with Gasteiger partial charge in [-0.3, -0.25) is 9.59 Å². The van der Waals surface area contributed by atoms with Crippen LogP contribution in [0.2, 0.25) is 0 Å². The number of anilines is 1. The highest BCUT2D eigenvalue weighted by molar-refractivity contribution is 6.24. The molecule has 3 aliphatic heterocycles. The molecule has 0 spiro atoms. The van der Waals surface area contributed by atoms with Crippen LogP contribution in [0.15, 0.2) is 42.5 Å². The van der Waals surface area contributed by atoms with Gasteiger partial charge in [0.05, 0.1) is 38.0 Å². The lowest BCUT2D eigenvalue weighted by Gasteiger charge is -2.34. The van der Waals surface area contributed by atoms with E-state index in [9.17, 15) is 18.8 Å². The van der Waals surface area contributed by atoms with Crippen molar-refractivity contribution in [1.29, 1.82) is 0 Å². The Morgan fingerprint density at radius 1 is 1.21 bits per heavy atom. The molecule has 33 heavy (non-hydrogen) atoms. The van der Waals surface area contributed by atoms with Crippen molar-refractivity contribution in [2.24, 2.45) is 11.8 Å². The number of hydrogen-bond acceptors (Lipinski definition) is 6. The molecule has 3 amide bonds. The molecule has 3 unspecified atom stereocenters. The number of imide groups is 1. The lowest BCUT2D eigenvalue weighted by atomic mass is 9.77. The predicted octanol–water partition coefficient (Wildman–Crippen LogP) is 3.30. The van der Waals surface area contributed by atoms with Gasteiger partial charge in [0.1, 0.15) is 22.9 Å². The van der Waals surface area contributed by atoms with E-state index in [1.54, 1.807) is 39.2 Å². The minimum atomic E-state index is -1.49. The van der Waals surface area contributed by atoms with Crippen LogP contribution in [0.5, 0.6) is 11.5 Å². The van der Waals surface area contributed by atoms with E-state index in [0.29, 0.717) is 17.1 Å². The van der Waals surface area contributed by atoms with E-state index >= 15 is 0 Å². The van der Waals surface area contributed by atoms with Crippen molar-refractivity contribution in [2.45, 2.75) is 25.4 Å². The molecular formula is C24H23FN2O6. The molecular weight excluding hydrogens is 431 g/mol. The molecule has 2 aromatic carbocycles. The maximum Gasteiger partial charge on any atom is 0.332 e. The zero-order valence-electron chi connectivity index (χ0n) is 18.4. The molecule has 0 N–H and O–H groups in total. The summed E-state index contributed by atoms with van der Waals surface area (Å²) in [5, 5.41) is 0. The van der Waals surface area contributed by atoms with Gasteiger partial charge in [0.15, 0.2) is 0 Å². The Morgan fingerprint density at radius 3 is 2.61 bits per heavy atom. The third-order valence-corrected chi connectivity index (χ3v) is 6.85. The first kappa shape index (κ1) is 21.2. The van der Waals surface area contributed by atoms with Crippen LogP contribution in [0.3, 0.4) is 0 Å². The number of rotatable bonds is 4. The summed E-state index contributed by atoms with van der Waals surface area (Å²) in [7, 11) is 1.54. The normalized spacial score (nSPS) is 27.6. The number of amides is 3. The summed E-state index contributed by atoms with van der Waals surface area (Å²) in [5.41, 5.74) is -0.562. The first-order valence-corrected chi connectivity index (χ1v) is 10.7. The second-order valence-electron chi connectivity index (χ2n) is 8.47. The van der Waals surface area contributed by atoms with Gasteiger partial charge < -0.3 is 19.1 Å². The number of ether oxygens (including phenoxy) is 3. The Hall–Kier alpha value is -3.62. The molecule has 0 radical (unpaired) electrons. The largest absolute Gasteiger partial charge is 0.497 e. The van der Waals surface area contributed by atoms with E-state index in [2.05, 4.69) is 0 Å². The van der Waals surface area contributed by atoms with Crippen molar-refractivity contribution >= 4 is 23.6 Å². The molecule has 2 aromatic rings. The highest BCUT2D eigenvalue weighted by Gasteiger charge is 2.72. The number of esters is 1. The number of nitrogens with zero attached hydrogens (tertiary/aromatic N) is 2. The van der Waals surface area contributed by atoms with Gasteiger partial charge in [0.25, 0.3) is 5.91 Å². The number of carbonyl (C=O) groups excluding carboxylic acids is 3. The molecule has 4 atom stereocenters. The van der Waals surface area contributed by atoms with Crippen molar-refractivity contribution in [1.82, 2.24) is 4.90 Å². The summed E-state index contributed by atoms with van der Waals surface area (Å²) in [6, 6.07) is 9.22. The maximum absolute atomic E-state index is 13.8. The van der Waals surface area contributed by atoms with Gasteiger partial charge in [-0.2, -0.15) is 0 Å². The zero-order valence-corrected chi connectivity index (χ0v) is 18.4. The smallest absolute Gasteiger partial charge is 0.332 e. The molecule has 172 valence electrons. The third kappa shape index (κ3) is 2.84. The molecule has 3 heterocycles. The van der Waals surface area contributed by atoms with Crippen LogP contribution in [-0.2, 0) is 14.3 Å². The quantitative estimate of drug-likeness (QED) is 0.521. The predicted molar refractivity (Wildman–Crippen MR) is 114 cm³/mol. The van der Waals surface area contributed by atoms with Gasteiger partial charge >= 0.3 is 12.0 Å². The summed E-state index contributed by atoms with van der Waals surface area (Å²) >= 11 is 0. The number of fused-ring (bicyclic) bond motifs is 5. The minimum absolute atomic E-state index is 0.136. The molecule has 2 saturated heterocycles. The Balaban J connectivity index is 1.66. The zero-order chi connectivity index (χ0) is 23.5. The van der Waals surface area contributed by atoms with Crippen LogP contribution in [-0.4, -0.2) is 48.7 Å². The van der Waals surface area contributed by atoms with Crippen molar-refractivity contribution in [3.05, 3.63) is 53.8 Å². The number of benzene rings is 2.